The first-order valence-corrected chi connectivity index (χ1v) is 5.48. The van der Waals surface area contributed by atoms with Gasteiger partial charge in [-0.3, -0.25) is 0 Å². The first-order valence-electron chi connectivity index (χ1n) is 4.94. The zero-order valence-corrected chi connectivity index (χ0v) is 8.83. The maximum Gasteiger partial charge on any atom is 0.142 e. The van der Waals surface area contributed by atoms with Gasteiger partial charge < -0.3 is 9.64 Å². The van der Waals surface area contributed by atoms with E-state index in [4.69, 9.17) is 16.3 Å². The summed E-state index contributed by atoms with van der Waals surface area (Å²) in [6, 6.07) is 8.15. The van der Waals surface area contributed by atoms with Crippen LogP contribution in [-0.4, -0.2) is 25.6 Å². The Bertz CT molecular complexity index is 303. The summed E-state index contributed by atoms with van der Waals surface area (Å²) in [6.07, 6.45) is 1.06. The Morgan fingerprint density at radius 2 is 2.21 bits per heavy atom. The van der Waals surface area contributed by atoms with E-state index in [1.165, 1.54) is 5.69 Å². The lowest BCUT2D eigenvalue weighted by molar-refractivity contribution is 0.322. The molecule has 0 saturated carbocycles. The molecule has 2 nitrogen and oxygen atoms in total. The van der Waals surface area contributed by atoms with Crippen LogP contribution in [0.15, 0.2) is 24.3 Å². The SMILES string of the molecule is ClCCN1CCCOc2ccccc21. The number of para-hydroxylation sites is 2. The standard InChI is InChI=1S/C11H14ClNO/c12-6-8-13-7-3-9-14-11-5-2-1-4-10(11)13/h1-2,4-5H,3,6-9H2. The molecule has 3 heteroatoms. The topological polar surface area (TPSA) is 12.5 Å². The predicted octanol–water partition coefficient (Wildman–Crippen LogP) is 2.51. The fourth-order valence-corrected chi connectivity index (χ4v) is 1.94. The van der Waals surface area contributed by atoms with Crippen LogP contribution in [0.1, 0.15) is 6.42 Å². The molecule has 0 spiro atoms. The zero-order valence-electron chi connectivity index (χ0n) is 8.08. The largest absolute Gasteiger partial charge is 0.491 e. The molecule has 1 aromatic carbocycles. The fourth-order valence-electron chi connectivity index (χ4n) is 1.73. The molecule has 0 aromatic heterocycles. The number of hydrogen-bond acceptors (Lipinski definition) is 2. The van der Waals surface area contributed by atoms with E-state index in [9.17, 15) is 0 Å². The van der Waals surface area contributed by atoms with Gasteiger partial charge in [-0.05, 0) is 18.6 Å². The van der Waals surface area contributed by atoms with Crippen LogP contribution in [0, 0.1) is 0 Å². The van der Waals surface area contributed by atoms with Crippen molar-refractivity contribution in [2.24, 2.45) is 0 Å². The van der Waals surface area contributed by atoms with Gasteiger partial charge in [-0.1, -0.05) is 12.1 Å². The van der Waals surface area contributed by atoms with E-state index in [0.717, 1.165) is 31.9 Å². The van der Waals surface area contributed by atoms with Crippen LogP contribution in [0.3, 0.4) is 0 Å². The van der Waals surface area contributed by atoms with Crippen LogP contribution in [0.25, 0.3) is 0 Å². The molecule has 0 saturated heterocycles. The molecule has 1 heterocycles. The highest BCUT2D eigenvalue weighted by atomic mass is 35.5. The molecule has 0 unspecified atom stereocenters. The second-order valence-electron chi connectivity index (χ2n) is 3.35. The van der Waals surface area contributed by atoms with Gasteiger partial charge in [0.25, 0.3) is 0 Å². The smallest absolute Gasteiger partial charge is 0.142 e. The first kappa shape index (κ1) is 9.66. The normalized spacial score (nSPS) is 15.6. The zero-order chi connectivity index (χ0) is 9.80. The lowest BCUT2D eigenvalue weighted by atomic mass is 10.2. The van der Waals surface area contributed by atoms with Crippen molar-refractivity contribution in [1.82, 2.24) is 0 Å². The minimum Gasteiger partial charge on any atom is -0.491 e. The van der Waals surface area contributed by atoms with Crippen LogP contribution in [-0.2, 0) is 0 Å². The van der Waals surface area contributed by atoms with Crippen molar-refractivity contribution in [1.29, 1.82) is 0 Å². The highest BCUT2D eigenvalue weighted by Gasteiger charge is 2.14. The van der Waals surface area contributed by atoms with Gasteiger partial charge >= 0.3 is 0 Å². The van der Waals surface area contributed by atoms with Crippen LogP contribution in [0.5, 0.6) is 5.75 Å². The average molecular weight is 212 g/mol. The van der Waals surface area contributed by atoms with Gasteiger partial charge in [0, 0.05) is 19.0 Å². The molecule has 0 fully saturated rings. The van der Waals surface area contributed by atoms with Gasteiger partial charge in [0.15, 0.2) is 0 Å². The second-order valence-corrected chi connectivity index (χ2v) is 3.72. The molecule has 14 heavy (non-hydrogen) atoms. The van der Waals surface area contributed by atoms with E-state index in [2.05, 4.69) is 11.0 Å². The molecular formula is C11H14ClNO. The van der Waals surface area contributed by atoms with Gasteiger partial charge in [0.1, 0.15) is 5.75 Å². The minimum atomic E-state index is 0.661. The lowest BCUT2D eigenvalue weighted by Gasteiger charge is -2.22. The molecule has 76 valence electrons. The summed E-state index contributed by atoms with van der Waals surface area (Å²) in [5.41, 5.74) is 1.17. The number of hydrogen-bond donors (Lipinski definition) is 0. The average Bonchev–Trinajstić information content (AvgIpc) is 2.42. The van der Waals surface area contributed by atoms with Crippen molar-refractivity contribution < 1.29 is 4.74 Å². The van der Waals surface area contributed by atoms with Crippen LogP contribution >= 0.6 is 11.6 Å². The van der Waals surface area contributed by atoms with E-state index in [-0.39, 0.29) is 0 Å². The number of ether oxygens (including phenoxy) is 1. The third-order valence-corrected chi connectivity index (χ3v) is 2.56. The van der Waals surface area contributed by atoms with Crippen LogP contribution < -0.4 is 9.64 Å². The number of fused-ring (bicyclic) bond motifs is 1. The molecule has 0 amide bonds. The Morgan fingerprint density at radius 1 is 1.36 bits per heavy atom. The van der Waals surface area contributed by atoms with Crippen molar-refractivity contribution >= 4 is 17.3 Å². The summed E-state index contributed by atoms with van der Waals surface area (Å²) >= 11 is 5.77. The Morgan fingerprint density at radius 3 is 3.07 bits per heavy atom. The maximum atomic E-state index is 5.77. The number of anilines is 1. The molecule has 1 aliphatic heterocycles. The third-order valence-electron chi connectivity index (χ3n) is 2.39. The van der Waals surface area contributed by atoms with Gasteiger partial charge in [-0.15, -0.1) is 11.6 Å². The molecule has 2 rings (SSSR count). The number of benzene rings is 1. The van der Waals surface area contributed by atoms with Gasteiger partial charge in [0.2, 0.25) is 0 Å². The summed E-state index contributed by atoms with van der Waals surface area (Å²) < 4.78 is 5.64. The minimum absolute atomic E-state index is 0.661. The molecular weight excluding hydrogens is 198 g/mol. The predicted molar refractivity (Wildman–Crippen MR) is 59.5 cm³/mol. The monoisotopic (exact) mass is 211 g/mol. The second kappa shape index (κ2) is 4.56. The lowest BCUT2D eigenvalue weighted by Crippen LogP contribution is -2.25. The summed E-state index contributed by atoms with van der Waals surface area (Å²) in [5, 5.41) is 0. The summed E-state index contributed by atoms with van der Waals surface area (Å²) in [7, 11) is 0. The molecule has 0 aliphatic carbocycles. The van der Waals surface area contributed by atoms with E-state index >= 15 is 0 Å². The van der Waals surface area contributed by atoms with Crippen molar-refractivity contribution in [2.45, 2.75) is 6.42 Å². The van der Waals surface area contributed by atoms with E-state index in [1.807, 2.05) is 18.2 Å². The molecule has 1 aromatic rings. The molecule has 0 radical (unpaired) electrons. The maximum absolute atomic E-state index is 5.77. The fraction of sp³-hybridized carbons (Fsp3) is 0.455. The van der Waals surface area contributed by atoms with E-state index in [1.54, 1.807) is 0 Å². The summed E-state index contributed by atoms with van der Waals surface area (Å²) in [5.74, 6) is 1.64. The third kappa shape index (κ3) is 1.95. The van der Waals surface area contributed by atoms with Gasteiger partial charge in [-0.2, -0.15) is 0 Å². The highest BCUT2D eigenvalue weighted by molar-refractivity contribution is 6.18. The number of halogens is 1. The van der Waals surface area contributed by atoms with Gasteiger partial charge in [0.05, 0.1) is 12.3 Å². The quantitative estimate of drug-likeness (QED) is 0.697. The van der Waals surface area contributed by atoms with Gasteiger partial charge in [-0.25, -0.2) is 0 Å². The molecule has 0 atom stereocenters. The Balaban J connectivity index is 2.27. The molecule has 0 bridgehead atoms. The van der Waals surface area contributed by atoms with Crippen LogP contribution in [0.4, 0.5) is 5.69 Å². The van der Waals surface area contributed by atoms with Crippen molar-refractivity contribution in [3.63, 3.8) is 0 Å². The highest BCUT2D eigenvalue weighted by Crippen LogP contribution is 2.30. The Labute approximate surface area is 89.4 Å². The molecule has 0 N–H and O–H groups in total. The van der Waals surface area contributed by atoms with Crippen LogP contribution in [0.2, 0.25) is 0 Å². The van der Waals surface area contributed by atoms with E-state index in [0.29, 0.717) is 5.88 Å². The number of rotatable bonds is 2. The Hall–Kier alpha value is -0.890. The van der Waals surface area contributed by atoms with E-state index < -0.39 is 0 Å². The number of nitrogens with zero attached hydrogens (tertiary/aromatic N) is 1. The summed E-state index contributed by atoms with van der Waals surface area (Å²) in [4.78, 5) is 2.29. The first-order chi connectivity index (χ1) is 6.92. The van der Waals surface area contributed by atoms with Crippen molar-refractivity contribution in [3.8, 4) is 5.75 Å². The van der Waals surface area contributed by atoms with Crippen molar-refractivity contribution in [3.05, 3.63) is 24.3 Å². The number of alkyl halides is 1. The van der Waals surface area contributed by atoms with Crippen molar-refractivity contribution in [2.75, 3.05) is 30.5 Å². The Kier molecular flexibility index (Phi) is 3.14. The summed E-state index contributed by atoms with van der Waals surface area (Å²) in [6.45, 7) is 2.72. The molecule has 1 aliphatic rings.